The average Bonchev–Trinajstić information content (AvgIpc) is 3.28. The van der Waals surface area contributed by atoms with Crippen LogP contribution in [0.2, 0.25) is 0 Å². The average molecular weight is 425 g/mol. The maximum atomic E-state index is 12.6. The maximum absolute atomic E-state index is 12.6. The van der Waals surface area contributed by atoms with Gasteiger partial charge in [-0.15, -0.1) is 0 Å². The van der Waals surface area contributed by atoms with Gasteiger partial charge in [0.05, 0.1) is 24.0 Å². The number of hydrogen-bond acceptors (Lipinski definition) is 6. The number of methoxy groups -OCH3 is 1. The largest absolute Gasteiger partial charge is 0.383 e. The van der Waals surface area contributed by atoms with Crippen molar-refractivity contribution in [2.45, 2.75) is 57.5 Å². The predicted octanol–water partition coefficient (Wildman–Crippen LogP) is 2.82. The molecule has 0 unspecified atom stereocenters. The fourth-order valence-corrected chi connectivity index (χ4v) is 4.30. The third kappa shape index (κ3) is 5.31. The number of carbonyl (C=O) groups is 1. The minimum Gasteiger partial charge on any atom is -0.383 e. The molecule has 8 nitrogen and oxygen atoms in total. The van der Waals surface area contributed by atoms with Crippen molar-refractivity contribution in [2.24, 2.45) is 4.99 Å². The summed E-state index contributed by atoms with van der Waals surface area (Å²) in [5.74, 6) is 1.71. The summed E-state index contributed by atoms with van der Waals surface area (Å²) in [6.07, 6.45) is 6.64. The van der Waals surface area contributed by atoms with Crippen LogP contribution in [-0.4, -0.2) is 60.6 Å². The van der Waals surface area contributed by atoms with Crippen LogP contribution in [0.25, 0.3) is 10.9 Å². The second kappa shape index (κ2) is 10.0. The molecule has 0 bridgehead atoms. The van der Waals surface area contributed by atoms with E-state index < -0.39 is 0 Å². The molecular weight excluding hydrogens is 392 g/mol. The van der Waals surface area contributed by atoms with Crippen molar-refractivity contribution < 1.29 is 9.53 Å². The molecule has 1 aromatic carbocycles. The zero-order valence-corrected chi connectivity index (χ0v) is 18.4. The van der Waals surface area contributed by atoms with Crippen LogP contribution in [0.5, 0.6) is 0 Å². The Labute approximate surface area is 183 Å². The topological polar surface area (TPSA) is 101 Å². The van der Waals surface area contributed by atoms with Crippen LogP contribution in [0.4, 0.5) is 5.82 Å². The van der Waals surface area contributed by atoms with Crippen molar-refractivity contribution in [2.75, 3.05) is 32.1 Å². The van der Waals surface area contributed by atoms with E-state index in [-0.39, 0.29) is 23.8 Å². The second-order valence-corrected chi connectivity index (χ2v) is 8.37. The Morgan fingerprint density at radius 2 is 2.13 bits per heavy atom. The van der Waals surface area contributed by atoms with Crippen molar-refractivity contribution in [3.63, 3.8) is 0 Å². The number of nitrogens with zero attached hydrogens (tertiary/aromatic N) is 3. The smallest absolute Gasteiger partial charge is 0.289 e. The summed E-state index contributed by atoms with van der Waals surface area (Å²) in [6, 6.07) is 6.43. The molecule has 2 fully saturated rings. The van der Waals surface area contributed by atoms with Crippen LogP contribution in [0, 0.1) is 6.92 Å². The van der Waals surface area contributed by atoms with Crippen molar-refractivity contribution in [3.05, 3.63) is 29.6 Å². The van der Waals surface area contributed by atoms with E-state index in [2.05, 4.69) is 38.9 Å². The molecule has 4 rings (SSSR count). The molecule has 1 amide bonds. The number of amidine groups is 1. The van der Waals surface area contributed by atoms with Gasteiger partial charge in [-0.2, -0.15) is 0 Å². The Morgan fingerprint density at radius 3 is 2.94 bits per heavy atom. The van der Waals surface area contributed by atoms with Crippen LogP contribution < -0.4 is 16.0 Å². The third-order valence-corrected chi connectivity index (χ3v) is 5.94. The lowest BCUT2D eigenvalue weighted by Crippen LogP contribution is -2.37. The number of aromatic nitrogens is 2. The molecule has 1 aliphatic heterocycles. The van der Waals surface area contributed by atoms with E-state index in [0.29, 0.717) is 19.0 Å². The standard InChI is InChI=1S/C23H32N6O2/c1-15-9-10-17-16(14-15)21(29-22(27-17)23(30)25-12-13-31-2)28-19-7-4-3-6-18(19)26-20-8-5-11-24-20/h9-10,14,18-19H,3-8,11-13H2,1-2H3,(H,24,26)(H,25,30)(H,27,28,29)/t18-,19+/m1/s1. The van der Waals surface area contributed by atoms with E-state index in [9.17, 15) is 4.79 Å². The number of anilines is 1. The Hall–Kier alpha value is -2.74. The van der Waals surface area contributed by atoms with E-state index in [4.69, 9.17) is 9.73 Å². The number of ether oxygens (including phenoxy) is 1. The molecule has 1 aromatic heterocycles. The number of aryl methyl sites for hydroxylation is 1. The van der Waals surface area contributed by atoms with Gasteiger partial charge in [-0.3, -0.25) is 9.79 Å². The van der Waals surface area contributed by atoms with E-state index in [0.717, 1.165) is 54.5 Å². The first-order valence-electron chi connectivity index (χ1n) is 11.3. The normalized spacial score (nSPS) is 22.5. The zero-order valence-electron chi connectivity index (χ0n) is 18.4. The SMILES string of the molecule is COCCNC(=O)c1nc(N[C@H]2CCCC[C@H]2N=C2CCCN2)c2cc(C)ccc2n1. The number of nitrogens with one attached hydrogen (secondary N) is 3. The molecule has 2 atom stereocenters. The van der Waals surface area contributed by atoms with Gasteiger partial charge in [0.25, 0.3) is 5.91 Å². The van der Waals surface area contributed by atoms with Gasteiger partial charge in [-0.1, -0.05) is 24.5 Å². The molecular formula is C23H32N6O2. The lowest BCUT2D eigenvalue weighted by atomic mass is 9.90. The summed E-state index contributed by atoms with van der Waals surface area (Å²) in [7, 11) is 1.61. The highest BCUT2D eigenvalue weighted by atomic mass is 16.5. The van der Waals surface area contributed by atoms with Crippen LogP contribution in [0.15, 0.2) is 23.2 Å². The van der Waals surface area contributed by atoms with Gasteiger partial charge in [0.2, 0.25) is 5.82 Å². The van der Waals surface area contributed by atoms with E-state index >= 15 is 0 Å². The lowest BCUT2D eigenvalue weighted by Gasteiger charge is -2.30. The van der Waals surface area contributed by atoms with Gasteiger partial charge >= 0.3 is 0 Å². The molecule has 1 aliphatic carbocycles. The predicted molar refractivity (Wildman–Crippen MR) is 123 cm³/mol. The number of rotatable bonds is 7. The lowest BCUT2D eigenvalue weighted by molar-refractivity contribution is 0.0927. The quantitative estimate of drug-likeness (QED) is 0.591. The minimum atomic E-state index is -0.293. The molecule has 0 spiro atoms. The van der Waals surface area contributed by atoms with Gasteiger partial charge in [0.15, 0.2) is 0 Å². The molecule has 3 N–H and O–H groups in total. The highest BCUT2D eigenvalue weighted by Gasteiger charge is 2.27. The van der Waals surface area contributed by atoms with E-state index in [1.54, 1.807) is 7.11 Å². The van der Waals surface area contributed by atoms with Gasteiger partial charge in [0, 0.05) is 38.0 Å². The fraction of sp³-hybridized carbons (Fsp3) is 0.565. The molecule has 1 saturated heterocycles. The Kier molecular flexibility index (Phi) is 6.96. The van der Waals surface area contributed by atoms with Crippen LogP contribution in [0.3, 0.4) is 0 Å². The molecule has 2 heterocycles. The minimum absolute atomic E-state index is 0.172. The van der Waals surface area contributed by atoms with Gasteiger partial charge in [-0.25, -0.2) is 9.97 Å². The molecule has 2 aliphatic rings. The van der Waals surface area contributed by atoms with E-state index in [1.165, 1.54) is 12.8 Å². The van der Waals surface area contributed by atoms with Crippen molar-refractivity contribution in [3.8, 4) is 0 Å². The number of aliphatic imine (C=N–C) groups is 1. The number of carbonyl (C=O) groups excluding carboxylic acids is 1. The molecule has 0 radical (unpaired) electrons. The molecule has 31 heavy (non-hydrogen) atoms. The van der Waals surface area contributed by atoms with E-state index in [1.807, 2.05) is 12.1 Å². The Balaban J connectivity index is 1.63. The van der Waals surface area contributed by atoms with Crippen molar-refractivity contribution in [1.29, 1.82) is 0 Å². The first-order valence-corrected chi connectivity index (χ1v) is 11.3. The number of amides is 1. The zero-order chi connectivity index (χ0) is 21.6. The Bertz CT molecular complexity index is 952. The number of hydrogen-bond donors (Lipinski definition) is 3. The summed E-state index contributed by atoms with van der Waals surface area (Å²) >= 11 is 0. The van der Waals surface area contributed by atoms with Crippen LogP contribution in [-0.2, 0) is 4.74 Å². The molecule has 8 heteroatoms. The highest BCUT2D eigenvalue weighted by molar-refractivity contribution is 5.96. The first-order chi connectivity index (χ1) is 15.1. The molecule has 1 saturated carbocycles. The van der Waals surface area contributed by atoms with Crippen LogP contribution >= 0.6 is 0 Å². The summed E-state index contributed by atoms with van der Waals surface area (Å²) in [4.78, 5) is 26.8. The highest BCUT2D eigenvalue weighted by Crippen LogP contribution is 2.28. The number of fused-ring (bicyclic) bond motifs is 1. The fourth-order valence-electron chi connectivity index (χ4n) is 4.30. The van der Waals surface area contributed by atoms with Crippen LogP contribution in [0.1, 0.15) is 54.7 Å². The van der Waals surface area contributed by atoms with Gasteiger partial charge in [0.1, 0.15) is 5.82 Å². The summed E-state index contributed by atoms with van der Waals surface area (Å²) in [5.41, 5.74) is 1.89. The van der Waals surface area contributed by atoms with Gasteiger partial charge in [-0.05, 0) is 38.3 Å². The van der Waals surface area contributed by atoms with Crippen molar-refractivity contribution >= 4 is 28.5 Å². The molecule has 2 aromatic rings. The Morgan fingerprint density at radius 1 is 1.26 bits per heavy atom. The second-order valence-electron chi connectivity index (χ2n) is 8.37. The first kappa shape index (κ1) is 21.5. The summed E-state index contributed by atoms with van der Waals surface area (Å²) in [5, 5.41) is 10.8. The maximum Gasteiger partial charge on any atom is 0.289 e. The van der Waals surface area contributed by atoms with Crippen molar-refractivity contribution in [1.82, 2.24) is 20.6 Å². The summed E-state index contributed by atoms with van der Waals surface area (Å²) < 4.78 is 5.02. The summed E-state index contributed by atoms with van der Waals surface area (Å²) in [6.45, 7) is 3.93. The third-order valence-electron chi connectivity index (χ3n) is 5.94. The monoisotopic (exact) mass is 424 g/mol. The van der Waals surface area contributed by atoms with Gasteiger partial charge < -0.3 is 20.7 Å². The number of benzene rings is 1. The molecule has 166 valence electrons.